The molecule has 0 aliphatic carbocycles. The molecule has 3 atom stereocenters. The summed E-state index contributed by atoms with van der Waals surface area (Å²) in [5, 5.41) is 9.05. The van der Waals surface area contributed by atoms with Gasteiger partial charge in [-0.2, -0.15) is 0 Å². The van der Waals surface area contributed by atoms with Gasteiger partial charge >= 0.3 is 0 Å². The molecule has 1 N–H and O–H groups in total. The predicted octanol–water partition coefficient (Wildman–Crippen LogP) is 1.38. The second kappa shape index (κ2) is 4.99. The van der Waals surface area contributed by atoms with Crippen LogP contribution in [0.4, 0.5) is 0 Å². The second-order valence-corrected chi connectivity index (χ2v) is 4.38. The maximum atomic E-state index is 11.8. The highest BCUT2D eigenvalue weighted by Gasteiger charge is 2.33. The summed E-state index contributed by atoms with van der Waals surface area (Å²) >= 11 is 5.89. The average Bonchev–Trinajstić information content (AvgIpc) is 2.63. The van der Waals surface area contributed by atoms with Gasteiger partial charge in [0.05, 0.1) is 12.1 Å². The maximum Gasteiger partial charge on any atom is 0.240 e. The summed E-state index contributed by atoms with van der Waals surface area (Å²) in [6.45, 7) is 4.35. The summed E-state index contributed by atoms with van der Waals surface area (Å²) < 4.78 is 0. The number of nitrogens with zero attached hydrogens (tertiary/aromatic N) is 1. The summed E-state index contributed by atoms with van der Waals surface area (Å²) in [5.74, 6) is -0.0300. The first-order valence-corrected chi connectivity index (χ1v) is 5.64. The van der Waals surface area contributed by atoms with Crippen LogP contribution in [0.5, 0.6) is 0 Å². The number of carbonyl (C=O) groups excluding carboxylic acids is 1. The van der Waals surface area contributed by atoms with E-state index in [1.54, 1.807) is 11.8 Å². The van der Waals surface area contributed by atoms with Crippen LogP contribution in [0.1, 0.15) is 33.1 Å². The predicted molar refractivity (Wildman–Crippen MR) is 56.3 cm³/mol. The van der Waals surface area contributed by atoms with E-state index in [4.69, 9.17) is 11.6 Å². The quantitative estimate of drug-likeness (QED) is 0.729. The van der Waals surface area contributed by atoms with Crippen LogP contribution in [-0.2, 0) is 4.79 Å². The van der Waals surface area contributed by atoms with Crippen LogP contribution in [0.15, 0.2) is 0 Å². The summed E-state index contributed by atoms with van der Waals surface area (Å²) in [6, 6.07) is -0.0321. The second-order valence-electron chi connectivity index (χ2n) is 3.86. The summed E-state index contributed by atoms with van der Waals surface area (Å²) in [4.78, 5) is 13.5. The first-order valence-electron chi connectivity index (χ1n) is 5.20. The standard InChI is InChI=1S/C10H18ClNO2/c1-3-8(11)10(14)12-6-4-5-9(12)7(2)13/h7-9,13H,3-6H2,1-2H3/t7-,8+,9+/m1/s1. The lowest BCUT2D eigenvalue weighted by Gasteiger charge is -2.28. The van der Waals surface area contributed by atoms with Gasteiger partial charge in [0.2, 0.25) is 5.91 Å². The number of alkyl halides is 1. The van der Waals surface area contributed by atoms with Gasteiger partial charge < -0.3 is 10.0 Å². The lowest BCUT2D eigenvalue weighted by atomic mass is 10.1. The van der Waals surface area contributed by atoms with Crippen LogP contribution < -0.4 is 0 Å². The smallest absolute Gasteiger partial charge is 0.240 e. The molecule has 1 saturated heterocycles. The van der Waals surface area contributed by atoms with Crippen LogP contribution in [-0.4, -0.2) is 40.0 Å². The third kappa shape index (κ3) is 2.39. The van der Waals surface area contributed by atoms with Crippen molar-refractivity contribution in [2.24, 2.45) is 0 Å². The lowest BCUT2D eigenvalue weighted by molar-refractivity contribution is -0.133. The Balaban J connectivity index is 2.62. The van der Waals surface area contributed by atoms with E-state index in [2.05, 4.69) is 0 Å². The molecule has 0 bridgehead atoms. The highest BCUT2D eigenvalue weighted by molar-refractivity contribution is 6.30. The molecule has 0 saturated carbocycles. The Morgan fingerprint density at radius 3 is 2.86 bits per heavy atom. The van der Waals surface area contributed by atoms with Gasteiger partial charge in [-0.3, -0.25) is 4.79 Å². The van der Waals surface area contributed by atoms with Gasteiger partial charge in [-0.1, -0.05) is 6.92 Å². The lowest BCUT2D eigenvalue weighted by Crippen LogP contribution is -2.44. The Bertz CT molecular complexity index is 208. The SMILES string of the molecule is CC[C@H](Cl)C(=O)N1CCC[C@H]1[C@@H](C)O. The number of rotatable bonds is 3. The molecule has 1 amide bonds. The largest absolute Gasteiger partial charge is 0.391 e. The maximum absolute atomic E-state index is 11.8. The molecule has 1 rings (SSSR count). The monoisotopic (exact) mass is 219 g/mol. The highest BCUT2D eigenvalue weighted by atomic mass is 35.5. The molecule has 14 heavy (non-hydrogen) atoms. The molecule has 1 aliphatic rings. The minimum Gasteiger partial charge on any atom is -0.391 e. The van der Waals surface area contributed by atoms with E-state index < -0.39 is 11.5 Å². The van der Waals surface area contributed by atoms with Crippen LogP contribution in [0.25, 0.3) is 0 Å². The summed E-state index contributed by atoms with van der Waals surface area (Å²) in [5.41, 5.74) is 0. The van der Waals surface area contributed by atoms with Crippen LogP contribution in [0, 0.1) is 0 Å². The van der Waals surface area contributed by atoms with Gasteiger partial charge in [0, 0.05) is 6.54 Å². The molecule has 1 aliphatic heterocycles. The molecule has 3 nitrogen and oxygen atoms in total. The number of likely N-dealkylation sites (tertiary alicyclic amines) is 1. The van der Waals surface area contributed by atoms with E-state index in [9.17, 15) is 9.90 Å². The van der Waals surface area contributed by atoms with E-state index in [0.717, 1.165) is 19.4 Å². The van der Waals surface area contributed by atoms with E-state index in [1.807, 2.05) is 6.92 Å². The van der Waals surface area contributed by atoms with Gasteiger partial charge in [0.15, 0.2) is 0 Å². The van der Waals surface area contributed by atoms with E-state index >= 15 is 0 Å². The number of aliphatic hydroxyl groups excluding tert-OH is 1. The fourth-order valence-corrected chi connectivity index (χ4v) is 2.05. The number of hydrogen-bond donors (Lipinski definition) is 1. The van der Waals surface area contributed by atoms with Crippen molar-refractivity contribution in [3.8, 4) is 0 Å². The Hall–Kier alpha value is -0.280. The minimum absolute atomic E-state index is 0.0300. The Morgan fingerprint density at radius 2 is 2.36 bits per heavy atom. The fourth-order valence-electron chi connectivity index (χ4n) is 1.92. The van der Waals surface area contributed by atoms with Crippen LogP contribution in [0.3, 0.4) is 0 Å². The Kier molecular flexibility index (Phi) is 4.20. The molecule has 0 spiro atoms. The molecule has 0 aromatic heterocycles. The molecule has 0 aromatic rings. The number of halogens is 1. The number of carbonyl (C=O) groups is 1. The van der Waals surface area contributed by atoms with E-state index in [1.165, 1.54) is 0 Å². The highest BCUT2D eigenvalue weighted by Crippen LogP contribution is 2.22. The number of amides is 1. The van der Waals surface area contributed by atoms with Crippen molar-refractivity contribution >= 4 is 17.5 Å². The average molecular weight is 220 g/mol. The van der Waals surface area contributed by atoms with Gasteiger partial charge in [0.25, 0.3) is 0 Å². The third-order valence-corrected chi connectivity index (χ3v) is 3.26. The number of hydrogen-bond acceptors (Lipinski definition) is 2. The zero-order chi connectivity index (χ0) is 10.7. The third-order valence-electron chi connectivity index (χ3n) is 2.77. The van der Waals surface area contributed by atoms with Crippen molar-refractivity contribution in [3.63, 3.8) is 0 Å². The normalized spacial score (nSPS) is 26.3. The minimum atomic E-state index is -0.456. The molecule has 0 aromatic carbocycles. The van der Waals surface area contributed by atoms with Crippen molar-refractivity contribution in [1.29, 1.82) is 0 Å². The van der Waals surface area contributed by atoms with Crippen molar-refractivity contribution < 1.29 is 9.90 Å². The van der Waals surface area contributed by atoms with Gasteiger partial charge in [0.1, 0.15) is 5.38 Å². The van der Waals surface area contributed by atoms with Crippen molar-refractivity contribution in [2.45, 2.75) is 50.6 Å². The summed E-state index contributed by atoms with van der Waals surface area (Å²) in [7, 11) is 0. The first kappa shape index (κ1) is 11.8. The van der Waals surface area contributed by atoms with Crippen molar-refractivity contribution in [1.82, 2.24) is 4.90 Å². The van der Waals surface area contributed by atoms with Crippen LogP contribution >= 0.6 is 11.6 Å². The molecular formula is C10H18ClNO2. The van der Waals surface area contributed by atoms with Crippen molar-refractivity contribution in [2.75, 3.05) is 6.54 Å². The Labute approximate surface area is 90.0 Å². The topological polar surface area (TPSA) is 40.5 Å². The zero-order valence-electron chi connectivity index (χ0n) is 8.74. The Morgan fingerprint density at radius 1 is 1.71 bits per heavy atom. The van der Waals surface area contributed by atoms with Gasteiger partial charge in [-0.15, -0.1) is 11.6 Å². The van der Waals surface area contributed by atoms with Crippen molar-refractivity contribution in [3.05, 3.63) is 0 Å². The molecular weight excluding hydrogens is 202 g/mol. The van der Waals surface area contributed by atoms with Gasteiger partial charge in [-0.25, -0.2) is 0 Å². The summed E-state index contributed by atoms with van der Waals surface area (Å²) in [6.07, 6.45) is 2.04. The molecule has 1 heterocycles. The van der Waals surface area contributed by atoms with E-state index in [-0.39, 0.29) is 11.9 Å². The first-order chi connectivity index (χ1) is 6.57. The van der Waals surface area contributed by atoms with Crippen LogP contribution in [0.2, 0.25) is 0 Å². The van der Waals surface area contributed by atoms with E-state index in [0.29, 0.717) is 6.42 Å². The molecule has 0 radical (unpaired) electrons. The molecule has 4 heteroatoms. The molecule has 1 fully saturated rings. The van der Waals surface area contributed by atoms with Gasteiger partial charge in [-0.05, 0) is 26.2 Å². The number of aliphatic hydroxyl groups is 1. The fraction of sp³-hybridized carbons (Fsp3) is 0.900. The molecule has 82 valence electrons. The molecule has 0 unspecified atom stereocenters. The zero-order valence-corrected chi connectivity index (χ0v) is 9.50.